The number of benzene rings is 2. The Labute approximate surface area is 153 Å². The van der Waals surface area contributed by atoms with E-state index in [0.29, 0.717) is 12.2 Å². The summed E-state index contributed by atoms with van der Waals surface area (Å²) in [7, 11) is 0. The van der Waals surface area contributed by atoms with Gasteiger partial charge in [-0.25, -0.2) is 0 Å². The molecule has 2 saturated carbocycles. The summed E-state index contributed by atoms with van der Waals surface area (Å²) in [5.41, 5.74) is 2.46. The van der Waals surface area contributed by atoms with Crippen molar-refractivity contribution in [3.05, 3.63) is 71.3 Å². The van der Waals surface area contributed by atoms with Crippen LogP contribution < -0.4 is 10.1 Å². The highest BCUT2D eigenvalue weighted by Crippen LogP contribution is 2.74. The van der Waals surface area contributed by atoms with Gasteiger partial charge in [-0.05, 0) is 42.5 Å². The summed E-state index contributed by atoms with van der Waals surface area (Å²) in [5.74, 6) is 0.652. The van der Waals surface area contributed by atoms with Crippen LogP contribution in [0.5, 0.6) is 11.5 Å². The summed E-state index contributed by atoms with van der Waals surface area (Å²) < 4.78 is 6.27. The summed E-state index contributed by atoms with van der Waals surface area (Å²) in [6, 6.07) is 13.9. The van der Waals surface area contributed by atoms with Crippen LogP contribution in [0.25, 0.3) is 0 Å². The van der Waals surface area contributed by atoms with E-state index in [4.69, 9.17) is 4.74 Å². The van der Waals surface area contributed by atoms with Gasteiger partial charge in [0.1, 0.15) is 11.7 Å². The number of phenols is 1. The molecule has 0 radical (unpaired) electrons. The van der Waals surface area contributed by atoms with Crippen molar-refractivity contribution in [2.75, 3.05) is 0 Å². The first-order chi connectivity index (χ1) is 12.5. The predicted molar refractivity (Wildman–Crippen MR) is 99.3 cm³/mol. The Morgan fingerprint density at radius 1 is 1.23 bits per heavy atom. The van der Waals surface area contributed by atoms with E-state index in [2.05, 4.69) is 24.0 Å². The van der Waals surface area contributed by atoms with Gasteiger partial charge >= 0.3 is 0 Å². The summed E-state index contributed by atoms with van der Waals surface area (Å²) in [5, 5.41) is 25.2. The first-order valence-corrected chi connectivity index (χ1v) is 9.19. The van der Waals surface area contributed by atoms with Gasteiger partial charge in [0.25, 0.3) is 0 Å². The van der Waals surface area contributed by atoms with Crippen LogP contribution in [-0.2, 0) is 12.0 Å². The number of nitrogens with one attached hydrogen (secondary N) is 1. The highest BCUT2D eigenvalue weighted by Gasteiger charge is 2.82. The lowest BCUT2D eigenvalue weighted by atomic mass is 9.76. The van der Waals surface area contributed by atoms with Gasteiger partial charge in [0.05, 0.1) is 5.41 Å². The second-order valence-electron chi connectivity index (χ2n) is 7.80. The number of hydrogen-bond donors (Lipinski definition) is 3. The third-order valence-corrected chi connectivity index (χ3v) is 6.57. The fourth-order valence-electron chi connectivity index (χ4n) is 5.24. The molecule has 3 aliphatic rings. The molecule has 2 aliphatic carbocycles. The molecular weight excluding hydrogens is 326 g/mol. The lowest BCUT2D eigenvalue weighted by Gasteiger charge is -2.35. The molecule has 2 fully saturated rings. The molecule has 4 atom stereocenters. The summed E-state index contributed by atoms with van der Waals surface area (Å²) >= 11 is 0. The Kier molecular flexibility index (Phi) is 3.13. The lowest BCUT2D eigenvalue weighted by molar-refractivity contribution is 0.0227. The first kappa shape index (κ1) is 15.9. The second kappa shape index (κ2) is 5.12. The van der Waals surface area contributed by atoms with Gasteiger partial charge in [-0.1, -0.05) is 43.0 Å². The summed E-state index contributed by atoms with van der Waals surface area (Å²) in [4.78, 5) is 0. The number of aromatic hydroxyl groups is 1. The monoisotopic (exact) mass is 349 g/mol. The molecule has 4 nitrogen and oxygen atoms in total. The van der Waals surface area contributed by atoms with Crippen LogP contribution in [0.2, 0.25) is 0 Å². The summed E-state index contributed by atoms with van der Waals surface area (Å²) in [6.45, 7) is 6.95. The van der Waals surface area contributed by atoms with E-state index in [1.54, 1.807) is 6.07 Å². The van der Waals surface area contributed by atoms with Crippen molar-refractivity contribution in [2.45, 2.75) is 49.5 Å². The lowest BCUT2D eigenvalue weighted by Crippen LogP contribution is -2.53. The average Bonchev–Trinajstić information content (AvgIpc) is 2.98. The smallest absolute Gasteiger partial charge is 0.166 e. The Balaban J connectivity index is 1.52. The molecule has 0 bridgehead atoms. The van der Waals surface area contributed by atoms with Crippen LogP contribution in [0.1, 0.15) is 29.5 Å². The van der Waals surface area contributed by atoms with Crippen molar-refractivity contribution in [3.63, 3.8) is 0 Å². The second-order valence-corrected chi connectivity index (χ2v) is 7.80. The van der Waals surface area contributed by atoms with Crippen molar-refractivity contribution in [1.29, 1.82) is 0 Å². The topological polar surface area (TPSA) is 61.7 Å². The zero-order valence-corrected chi connectivity index (χ0v) is 14.8. The minimum atomic E-state index is -0.924. The van der Waals surface area contributed by atoms with Gasteiger partial charge in [-0.3, -0.25) is 0 Å². The van der Waals surface area contributed by atoms with E-state index in [1.165, 1.54) is 5.56 Å². The van der Waals surface area contributed by atoms with Gasteiger partial charge < -0.3 is 20.3 Å². The van der Waals surface area contributed by atoms with E-state index >= 15 is 0 Å². The quantitative estimate of drug-likeness (QED) is 0.746. The van der Waals surface area contributed by atoms with Gasteiger partial charge in [0.15, 0.2) is 11.5 Å². The van der Waals surface area contributed by atoms with Gasteiger partial charge in [-0.15, -0.1) is 0 Å². The highest BCUT2D eigenvalue weighted by molar-refractivity contribution is 5.73. The molecule has 1 spiro atoms. The van der Waals surface area contributed by atoms with Crippen LogP contribution in [0.15, 0.2) is 54.6 Å². The van der Waals surface area contributed by atoms with E-state index in [-0.39, 0.29) is 17.9 Å². The molecule has 4 heteroatoms. The van der Waals surface area contributed by atoms with Gasteiger partial charge in [-0.2, -0.15) is 0 Å². The van der Waals surface area contributed by atoms with E-state index < -0.39 is 11.0 Å². The van der Waals surface area contributed by atoms with Crippen molar-refractivity contribution in [3.8, 4) is 11.5 Å². The molecule has 134 valence electrons. The number of aryl methyl sites for hydroxylation is 1. The Morgan fingerprint density at radius 2 is 2.00 bits per heavy atom. The molecule has 3 N–H and O–H groups in total. The van der Waals surface area contributed by atoms with Crippen molar-refractivity contribution in [1.82, 2.24) is 5.32 Å². The molecular formula is C22H23NO3. The predicted octanol–water partition coefficient (Wildman–Crippen LogP) is 2.95. The largest absolute Gasteiger partial charge is 0.504 e. The first-order valence-electron chi connectivity index (χ1n) is 9.19. The number of rotatable bonds is 3. The Bertz CT molecular complexity index is 909. The fraction of sp³-hybridized carbons (Fsp3) is 0.364. The molecule has 2 aromatic rings. The fourth-order valence-corrected chi connectivity index (χ4v) is 5.24. The normalized spacial score (nSPS) is 33.8. The van der Waals surface area contributed by atoms with Gasteiger partial charge in [0.2, 0.25) is 0 Å². The highest BCUT2D eigenvalue weighted by atomic mass is 16.5. The number of fused-ring (bicyclic) bond motifs is 1. The van der Waals surface area contributed by atoms with Crippen molar-refractivity contribution < 1.29 is 14.9 Å². The zero-order valence-electron chi connectivity index (χ0n) is 14.8. The molecule has 2 aromatic carbocycles. The molecule has 0 amide bonds. The molecule has 0 aromatic heterocycles. The van der Waals surface area contributed by atoms with Crippen LogP contribution in [0, 0.1) is 6.92 Å². The molecule has 1 heterocycles. The molecule has 5 rings (SSSR count). The molecule has 0 unspecified atom stereocenters. The molecule has 1 aliphatic heterocycles. The molecule has 26 heavy (non-hydrogen) atoms. The van der Waals surface area contributed by atoms with E-state index in [9.17, 15) is 10.2 Å². The SMILES string of the molecule is C=C1[C@]2(O)CC[C@H](NCc3ccccc3)[C@@H]3Oc4c(O)ccc(C)c4[C@@]132. The maximum absolute atomic E-state index is 11.3. The van der Waals surface area contributed by atoms with E-state index in [0.717, 1.165) is 29.7 Å². The minimum absolute atomic E-state index is 0.0842. The number of ether oxygens (including phenoxy) is 1. The number of hydrogen-bond acceptors (Lipinski definition) is 4. The molecule has 0 saturated heterocycles. The minimum Gasteiger partial charge on any atom is -0.504 e. The Hall–Kier alpha value is -2.30. The number of phenolic OH excluding ortho intramolecular Hbond substituents is 1. The van der Waals surface area contributed by atoms with E-state index in [1.807, 2.05) is 31.2 Å². The van der Waals surface area contributed by atoms with Crippen molar-refractivity contribution in [2.24, 2.45) is 0 Å². The number of aliphatic hydroxyl groups is 1. The van der Waals surface area contributed by atoms with Crippen molar-refractivity contribution >= 4 is 0 Å². The maximum Gasteiger partial charge on any atom is 0.166 e. The van der Waals surface area contributed by atoms with Crippen LogP contribution in [0.3, 0.4) is 0 Å². The average molecular weight is 349 g/mol. The third kappa shape index (κ3) is 1.76. The van der Waals surface area contributed by atoms with Crippen LogP contribution in [0.4, 0.5) is 0 Å². The maximum atomic E-state index is 11.3. The summed E-state index contributed by atoms with van der Waals surface area (Å²) in [6.07, 6.45) is 1.22. The third-order valence-electron chi connectivity index (χ3n) is 6.57. The van der Waals surface area contributed by atoms with Crippen LogP contribution in [-0.4, -0.2) is 28.0 Å². The Morgan fingerprint density at radius 3 is 2.77 bits per heavy atom. The van der Waals surface area contributed by atoms with Crippen LogP contribution >= 0.6 is 0 Å². The zero-order chi connectivity index (χ0) is 18.1. The standard InChI is InChI=1S/C22H23NO3/c1-13-8-9-17(24)19-18(13)22-14(2)21(22,25)11-10-16(20(22)26-19)23-12-15-6-4-3-5-7-15/h3-9,16,20,23-25H,2,10-12H2,1H3/t16-,20-,21+,22-/m0/s1. The van der Waals surface area contributed by atoms with Gasteiger partial charge in [0, 0.05) is 18.2 Å².